The van der Waals surface area contributed by atoms with Gasteiger partial charge in [0.1, 0.15) is 22.4 Å². The second kappa shape index (κ2) is 9.51. The third kappa shape index (κ3) is 4.97. The first-order valence-electron chi connectivity index (χ1n) is 10.3. The molecule has 1 aliphatic rings. The molecule has 7 nitrogen and oxygen atoms in total. The maximum Gasteiger partial charge on any atom is 0.243 e. The zero-order valence-electron chi connectivity index (χ0n) is 17.6. The summed E-state index contributed by atoms with van der Waals surface area (Å²) < 4.78 is 73.0. The summed E-state index contributed by atoms with van der Waals surface area (Å²) in [7, 11) is -7.82. The number of ether oxygens (including phenoxy) is 1. The minimum Gasteiger partial charge on any atom is -0.492 e. The maximum absolute atomic E-state index is 13.4. The number of halogens is 1. The van der Waals surface area contributed by atoms with Crippen molar-refractivity contribution in [2.24, 2.45) is 5.73 Å². The molecule has 0 saturated carbocycles. The Balaban J connectivity index is 1.57. The molecule has 4 rings (SSSR count). The van der Waals surface area contributed by atoms with Crippen molar-refractivity contribution in [2.75, 3.05) is 13.2 Å². The third-order valence-corrected chi connectivity index (χ3v) is 10.7. The Labute approximate surface area is 196 Å². The van der Waals surface area contributed by atoms with Gasteiger partial charge in [0.2, 0.25) is 19.9 Å². The molecule has 0 unspecified atom stereocenters. The van der Waals surface area contributed by atoms with E-state index in [0.29, 0.717) is 25.1 Å². The van der Waals surface area contributed by atoms with Crippen LogP contribution in [-0.4, -0.2) is 40.3 Å². The van der Waals surface area contributed by atoms with Crippen LogP contribution in [0.4, 0.5) is 4.39 Å². The van der Waals surface area contributed by atoms with Gasteiger partial charge < -0.3 is 10.5 Å². The summed E-state index contributed by atoms with van der Waals surface area (Å²) in [4.78, 5) is 0.540. The summed E-state index contributed by atoms with van der Waals surface area (Å²) in [6.45, 7) is 0.645. The van der Waals surface area contributed by atoms with Crippen molar-refractivity contribution in [2.45, 2.75) is 39.4 Å². The van der Waals surface area contributed by atoms with E-state index in [0.717, 1.165) is 16.2 Å². The fraction of sp³-hybridized carbons (Fsp3) is 0.273. The van der Waals surface area contributed by atoms with E-state index in [1.165, 1.54) is 58.9 Å². The molecule has 1 fully saturated rings. The molecule has 0 bridgehead atoms. The number of hydrogen-bond acceptors (Lipinski definition) is 7. The average molecular weight is 511 g/mol. The lowest BCUT2D eigenvalue weighted by atomic mass is 10.2. The van der Waals surface area contributed by atoms with Gasteiger partial charge in [-0.3, -0.25) is 0 Å². The van der Waals surface area contributed by atoms with Gasteiger partial charge >= 0.3 is 0 Å². The molecule has 1 aromatic heterocycles. The molecule has 0 aliphatic carbocycles. The summed E-state index contributed by atoms with van der Waals surface area (Å²) in [6.07, 6.45) is 1.27. The van der Waals surface area contributed by atoms with E-state index in [2.05, 4.69) is 0 Å². The highest BCUT2D eigenvalue weighted by molar-refractivity contribution is 7.93. The minimum atomic E-state index is -3.95. The summed E-state index contributed by atoms with van der Waals surface area (Å²) in [6, 6.07) is 13.6. The highest BCUT2D eigenvalue weighted by Gasteiger charge is 2.36. The molecular formula is C22H23FN2O5S3. The number of sulfone groups is 1. The van der Waals surface area contributed by atoms with E-state index >= 15 is 0 Å². The van der Waals surface area contributed by atoms with Crippen LogP contribution in [0.5, 0.6) is 5.75 Å². The van der Waals surface area contributed by atoms with Crippen LogP contribution in [0.3, 0.4) is 0 Å². The van der Waals surface area contributed by atoms with Crippen LogP contribution in [-0.2, 0) is 26.4 Å². The van der Waals surface area contributed by atoms with Crippen molar-refractivity contribution in [3.8, 4) is 5.75 Å². The first kappa shape index (κ1) is 23.8. The van der Waals surface area contributed by atoms with E-state index in [9.17, 15) is 21.2 Å². The second-order valence-corrected chi connectivity index (χ2v) is 12.8. The SMILES string of the molecule is NCc1ccc(S(=O)(=O)c2cccc(S(=O)(=O)N3CCC[C@H]3COc3ccc(F)cc3)c2)s1. The fourth-order valence-electron chi connectivity index (χ4n) is 3.68. The minimum absolute atomic E-state index is 0.0899. The first-order chi connectivity index (χ1) is 15.7. The van der Waals surface area contributed by atoms with E-state index < -0.39 is 25.9 Å². The lowest BCUT2D eigenvalue weighted by molar-refractivity contribution is 0.232. The topological polar surface area (TPSA) is 107 Å². The van der Waals surface area contributed by atoms with Crippen molar-refractivity contribution in [1.29, 1.82) is 0 Å². The normalized spacial score (nSPS) is 17.3. The van der Waals surface area contributed by atoms with Crippen LogP contribution < -0.4 is 10.5 Å². The summed E-state index contributed by atoms with van der Waals surface area (Å²) in [5.74, 6) is 0.0607. The third-order valence-electron chi connectivity index (χ3n) is 5.40. The quantitative estimate of drug-likeness (QED) is 0.498. The van der Waals surface area contributed by atoms with Crippen molar-refractivity contribution in [3.63, 3.8) is 0 Å². The van der Waals surface area contributed by atoms with Gasteiger partial charge in [-0.1, -0.05) is 6.07 Å². The van der Waals surface area contributed by atoms with Crippen LogP contribution in [0, 0.1) is 5.82 Å². The van der Waals surface area contributed by atoms with Crippen LogP contribution in [0.1, 0.15) is 17.7 Å². The smallest absolute Gasteiger partial charge is 0.243 e. The van der Waals surface area contributed by atoms with Crippen LogP contribution >= 0.6 is 11.3 Å². The standard InChI is InChI=1S/C22H23FN2O5S3/c23-16-6-8-18(9-7-16)30-15-17-3-2-12-25(17)33(28,29)21-5-1-4-20(13-21)32(26,27)22-11-10-19(14-24)31-22/h1,4-11,13,17H,2-3,12,14-15,24H2/t17-/m0/s1. The van der Waals surface area contributed by atoms with Gasteiger partial charge in [0.05, 0.1) is 15.8 Å². The summed E-state index contributed by atoms with van der Waals surface area (Å²) >= 11 is 1.07. The molecular weight excluding hydrogens is 487 g/mol. The average Bonchev–Trinajstić information content (AvgIpc) is 3.49. The predicted octanol–water partition coefficient (Wildman–Crippen LogP) is 3.41. The molecule has 1 saturated heterocycles. The largest absolute Gasteiger partial charge is 0.492 e. The molecule has 0 spiro atoms. The molecule has 11 heteroatoms. The summed E-state index contributed by atoms with van der Waals surface area (Å²) in [5.41, 5.74) is 5.58. The molecule has 33 heavy (non-hydrogen) atoms. The number of thiophene rings is 1. The van der Waals surface area contributed by atoms with E-state index in [1.807, 2.05) is 0 Å². The van der Waals surface area contributed by atoms with E-state index in [4.69, 9.17) is 10.5 Å². The molecule has 2 aromatic carbocycles. The van der Waals surface area contributed by atoms with Gasteiger partial charge in [0.15, 0.2) is 0 Å². The van der Waals surface area contributed by atoms with Gasteiger partial charge in [0.25, 0.3) is 0 Å². The lowest BCUT2D eigenvalue weighted by Crippen LogP contribution is -2.39. The second-order valence-electron chi connectivity index (χ2n) is 7.58. The molecule has 3 aromatic rings. The number of nitrogens with zero attached hydrogens (tertiary/aromatic N) is 1. The number of benzene rings is 2. The Kier molecular flexibility index (Phi) is 6.87. The molecule has 1 atom stereocenters. The molecule has 176 valence electrons. The molecule has 2 N–H and O–H groups in total. The Bertz CT molecular complexity index is 1340. The maximum atomic E-state index is 13.4. The van der Waals surface area contributed by atoms with Gasteiger partial charge in [-0.05, 0) is 67.4 Å². The highest BCUT2D eigenvalue weighted by Crippen LogP contribution is 2.31. The Morgan fingerprint density at radius 1 is 1.03 bits per heavy atom. The van der Waals surface area contributed by atoms with Crippen molar-refractivity contribution < 1.29 is 26.0 Å². The van der Waals surface area contributed by atoms with Crippen LogP contribution in [0.15, 0.2) is 74.7 Å². The van der Waals surface area contributed by atoms with Crippen molar-refractivity contribution >= 4 is 31.2 Å². The Hall–Kier alpha value is -2.31. The number of hydrogen-bond donors (Lipinski definition) is 1. The molecule has 0 radical (unpaired) electrons. The Morgan fingerprint density at radius 2 is 1.76 bits per heavy atom. The molecule has 2 heterocycles. The Morgan fingerprint density at radius 3 is 2.45 bits per heavy atom. The molecule has 1 aliphatic heterocycles. The van der Waals surface area contributed by atoms with Crippen molar-refractivity contribution in [1.82, 2.24) is 4.31 Å². The lowest BCUT2D eigenvalue weighted by Gasteiger charge is -2.24. The van der Waals surface area contributed by atoms with Gasteiger partial charge in [-0.15, -0.1) is 11.3 Å². The van der Waals surface area contributed by atoms with Crippen LogP contribution in [0.25, 0.3) is 0 Å². The van der Waals surface area contributed by atoms with Crippen LogP contribution in [0.2, 0.25) is 0 Å². The first-order valence-corrected chi connectivity index (χ1v) is 14.0. The highest BCUT2D eigenvalue weighted by atomic mass is 32.2. The number of sulfonamides is 1. The van der Waals surface area contributed by atoms with Gasteiger partial charge in [-0.2, -0.15) is 4.31 Å². The monoisotopic (exact) mass is 510 g/mol. The van der Waals surface area contributed by atoms with Gasteiger partial charge in [0, 0.05) is 18.0 Å². The van der Waals surface area contributed by atoms with E-state index in [-0.39, 0.29) is 33.0 Å². The van der Waals surface area contributed by atoms with Gasteiger partial charge in [-0.25, -0.2) is 21.2 Å². The fourth-order valence-corrected chi connectivity index (χ4v) is 8.16. The summed E-state index contributed by atoms with van der Waals surface area (Å²) in [5, 5.41) is 0. The number of rotatable bonds is 8. The zero-order chi connectivity index (χ0) is 23.6. The predicted molar refractivity (Wildman–Crippen MR) is 123 cm³/mol. The van der Waals surface area contributed by atoms with E-state index in [1.54, 1.807) is 6.07 Å². The number of nitrogens with two attached hydrogens (primary N) is 1. The zero-order valence-corrected chi connectivity index (χ0v) is 20.0. The molecule has 0 amide bonds. The van der Waals surface area contributed by atoms with Crippen molar-refractivity contribution in [3.05, 3.63) is 71.4 Å².